The molecule has 2 nitrogen and oxygen atoms in total. The lowest BCUT2D eigenvalue weighted by atomic mass is 10.2. The minimum atomic E-state index is -3.64. The van der Waals surface area contributed by atoms with Crippen molar-refractivity contribution in [1.82, 2.24) is 4.98 Å². The van der Waals surface area contributed by atoms with Crippen molar-refractivity contribution in [3.8, 4) is 0 Å². The second kappa shape index (κ2) is 3.10. The maximum absolute atomic E-state index is 12.6. The first-order valence-corrected chi connectivity index (χ1v) is 3.09. The van der Waals surface area contributed by atoms with Crippen molar-refractivity contribution in [2.75, 3.05) is 6.61 Å². The van der Waals surface area contributed by atoms with Gasteiger partial charge in [0.05, 0.1) is 0 Å². The Morgan fingerprint density at radius 2 is 2.25 bits per heavy atom. The number of nitrogens with zero attached hydrogens (tertiary/aromatic N) is 1. The largest absolute Gasteiger partial charge is 0.390 e. The molecule has 0 aliphatic rings. The van der Waals surface area contributed by atoms with Crippen LogP contribution in [-0.2, 0) is 5.92 Å². The monoisotopic (exact) mass is 176 g/mol. The number of rotatable bonds is 2. The summed E-state index contributed by atoms with van der Waals surface area (Å²) >= 11 is 0. The summed E-state index contributed by atoms with van der Waals surface area (Å²) < 4.78 is 37.7. The quantitative estimate of drug-likeness (QED) is 0.732. The molecule has 65 valence electrons. The van der Waals surface area contributed by atoms with Crippen LogP contribution in [0.3, 0.4) is 0 Å². The molecule has 0 saturated carbocycles. The average molecular weight is 176 g/mol. The number of hydrogen-bond acceptors (Lipinski definition) is 2. The van der Waals surface area contributed by atoms with Crippen molar-refractivity contribution in [3.05, 3.63) is 29.8 Å². The predicted octanol–water partition coefficient (Wildman–Crippen LogP) is 1.10. The van der Waals surface area contributed by atoms with Crippen molar-refractivity contribution in [2.45, 2.75) is 5.92 Å². The highest BCUT2D eigenvalue weighted by molar-refractivity contribution is 5.11. The molecule has 1 heterocycles. The van der Waals surface area contributed by atoms with Gasteiger partial charge in [0.2, 0.25) is 0 Å². The van der Waals surface area contributed by atoms with E-state index in [1.165, 1.54) is 0 Å². The molecule has 0 saturated heterocycles. The minimum Gasteiger partial charge on any atom is -0.390 e. The Labute approximate surface area is 66.7 Å². The topological polar surface area (TPSA) is 33.1 Å². The molecule has 0 aliphatic carbocycles. The van der Waals surface area contributed by atoms with E-state index in [9.17, 15) is 13.2 Å². The average Bonchev–Trinajstić information content (AvgIpc) is 2.05. The number of halogens is 3. The van der Waals surface area contributed by atoms with Crippen LogP contribution in [0.4, 0.5) is 13.2 Å². The molecule has 0 aliphatic heterocycles. The van der Waals surface area contributed by atoms with Crippen LogP contribution in [0.1, 0.15) is 5.69 Å². The lowest BCUT2D eigenvalue weighted by Crippen LogP contribution is -2.21. The first-order valence-electron chi connectivity index (χ1n) is 3.09. The maximum atomic E-state index is 12.6. The van der Waals surface area contributed by atoms with Gasteiger partial charge >= 0.3 is 5.92 Å². The maximum Gasteiger partial charge on any atom is 0.315 e. The van der Waals surface area contributed by atoms with Gasteiger partial charge in [-0.15, -0.1) is 0 Å². The molecule has 5 heteroatoms. The van der Waals surface area contributed by atoms with E-state index in [4.69, 9.17) is 5.11 Å². The Balaban J connectivity index is 3.10. The van der Waals surface area contributed by atoms with E-state index in [2.05, 4.69) is 4.98 Å². The van der Waals surface area contributed by atoms with Crippen molar-refractivity contribution >= 4 is 0 Å². The Bertz CT molecular complexity index is 277. The fourth-order valence-electron chi connectivity index (χ4n) is 0.677. The fourth-order valence-corrected chi connectivity index (χ4v) is 0.677. The van der Waals surface area contributed by atoms with Gasteiger partial charge in [0.15, 0.2) is 5.82 Å². The normalized spacial score (nSPS) is 11.7. The van der Waals surface area contributed by atoms with Gasteiger partial charge in [-0.25, -0.2) is 4.39 Å². The molecule has 1 rings (SSSR count). The fraction of sp³-hybridized carbons (Fsp3) is 0.286. The standard InChI is InChI=1S/C7H5F3NO/c8-5-2-1-3-11-6(5)7(9,10)4-12/h1,3,12H,4H2. The molecule has 1 radical (unpaired) electrons. The van der Waals surface area contributed by atoms with Crippen molar-refractivity contribution in [2.24, 2.45) is 0 Å². The zero-order valence-corrected chi connectivity index (χ0v) is 5.89. The van der Waals surface area contributed by atoms with E-state index in [0.29, 0.717) is 0 Å². The third-order valence-corrected chi connectivity index (χ3v) is 1.24. The lowest BCUT2D eigenvalue weighted by molar-refractivity contribution is -0.0621. The van der Waals surface area contributed by atoms with Crippen molar-refractivity contribution in [1.29, 1.82) is 0 Å². The lowest BCUT2D eigenvalue weighted by Gasteiger charge is -2.11. The van der Waals surface area contributed by atoms with E-state index in [-0.39, 0.29) is 0 Å². The van der Waals surface area contributed by atoms with E-state index < -0.39 is 24.0 Å². The van der Waals surface area contributed by atoms with Crippen LogP contribution in [0.25, 0.3) is 0 Å². The van der Waals surface area contributed by atoms with Gasteiger partial charge in [0.25, 0.3) is 0 Å². The first-order chi connectivity index (χ1) is 5.58. The molecule has 0 aromatic carbocycles. The molecule has 1 N–H and O–H groups in total. The van der Waals surface area contributed by atoms with E-state index in [1.54, 1.807) is 0 Å². The van der Waals surface area contributed by atoms with Gasteiger partial charge < -0.3 is 5.11 Å². The summed E-state index contributed by atoms with van der Waals surface area (Å²) in [6.45, 7) is -1.46. The molecule has 0 atom stereocenters. The zero-order valence-electron chi connectivity index (χ0n) is 5.89. The molecule has 0 amide bonds. The predicted molar refractivity (Wildman–Crippen MR) is 34.0 cm³/mol. The van der Waals surface area contributed by atoms with Gasteiger partial charge in [-0.1, -0.05) is 0 Å². The molecular weight excluding hydrogens is 171 g/mol. The third kappa shape index (κ3) is 1.55. The highest BCUT2D eigenvalue weighted by atomic mass is 19.3. The molecule has 0 fully saturated rings. The van der Waals surface area contributed by atoms with Crippen LogP contribution in [0.5, 0.6) is 0 Å². The Morgan fingerprint density at radius 1 is 1.58 bits per heavy atom. The van der Waals surface area contributed by atoms with Crippen molar-refractivity contribution in [3.63, 3.8) is 0 Å². The highest BCUT2D eigenvalue weighted by Crippen LogP contribution is 2.26. The highest BCUT2D eigenvalue weighted by Gasteiger charge is 2.35. The summed E-state index contributed by atoms with van der Waals surface area (Å²) in [5.41, 5.74) is -1.08. The number of hydrogen-bond donors (Lipinski definition) is 1. The van der Waals surface area contributed by atoms with Gasteiger partial charge in [-0.3, -0.25) is 4.98 Å². The third-order valence-electron chi connectivity index (χ3n) is 1.24. The molecule has 0 unspecified atom stereocenters. The Morgan fingerprint density at radius 3 is 2.75 bits per heavy atom. The zero-order chi connectivity index (χ0) is 9.19. The first kappa shape index (κ1) is 8.99. The Hall–Kier alpha value is -1.10. The van der Waals surface area contributed by atoms with E-state index in [0.717, 1.165) is 12.3 Å². The van der Waals surface area contributed by atoms with Crippen LogP contribution >= 0.6 is 0 Å². The molecule has 0 bridgehead atoms. The number of aliphatic hydroxyl groups excluding tert-OH is 1. The summed E-state index contributed by atoms with van der Waals surface area (Å²) in [4.78, 5) is 3.10. The van der Waals surface area contributed by atoms with Crippen LogP contribution in [0.2, 0.25) is 0 Å². The second-order valence-electron chi connectivity index (χ2n) is 2.11. The van der Waals surface area contributed by atoms with E-state index in [1.807, 2.05) is 6.07 Å². The number of aliphatic hydroxyl groups is 1. The van der Waals surface area contributed by atoms with Gasteiger partial charge in [-0.2, -0.15) is 8.78 Å². The van der Waals surface area contributed by atoms with Gasteiger partial charge in [0, 0.05) is 12.3 Å². The summed E-state index contributed by atoms with van der Waals surface area (Å²) in [6, 6.07) is 3.00. The van der Waals surface area contributed by atoms with Crippen LogP contribution in [0, 0.1) is 11.9 Å². The van der Waals surface area contributed by atoms with E-state index >= 15 is 0 Å². The Kier molecular flexibility index (Phi) is 2.32. The van der Waals surface area contributed by atoms with Gasteiger partial charge in [-0.05, 0) is 6.07 Å². The number of aromatic nitrogens is 1. The smallest absolute Gasteiger partial charge is 0.315 e. The van der Waals surface area contributed by atoms with Gasteiger partial charge in [0.1, 0.15) is 12.3 Å². The summed E-state index contributed by atoms with van der Waals surface area (Å²) in [5.74, 6) is -4.88. The molecular formula is C7H5F3NO. The summed E-state index contributed by atoms with van der Waals surface area (Å²) in [7, 11) is 0. The minimum absolute atomic E-state index is 0.988. The SMILES string of the molecule is OCC(F)(F)c1ncc[c]c1F. The number of alkyl halides is 2. The molecule has 1 aromatic heterocycles. The van der Waals surface area contributed by atoms with Crippen LogP contribution in [-0.4, -0.2) is 16.7 Å². The number of pyridine rings is 1. The second-order valence-corrected chi connectivity index (χ2v) is 2.11. The summed E-state index contributed by atoms with van der Waals surface area (Å²) in [5, 5.41) is 8.20. The van der Waals surface area contributed by atoms with Crippen LogP contribution in [0.15, 0.2) is 12.3 Å². The molecule has 12 heavy (non-hydrogen) atoms. The van der Waals surface area contributed by atoms with Crippen LogP contribution < -0.4 is 0 Å². The molecule has 1 aromatic rings. The summed E-state index contributed by atoms with van der Waals surface area (Å²) in [6.07, 6.45) is 0.988. The van der Waals surface area contributed by atoms with Crippen molar-refractivity contribution < 1.29 is 18.3 Å². The molecule has 0 spiro atoms.